The van der Waals surface area contributed by atoms with Gasteiger partial charge in [-0.1, -0.05) is 6.07 Å². The van der Waals surface area contributed by atoms with Crippen LogP contribution in [0.4, 0.5) is 0 Å². The summed E-state index contributed by atoms with van der Waals surface area (Å²) in [6, 6.07) is 5.89. The molecule has 0 unspecified atom stereocenters. The van der Waals surface area contributed by atoms with Crippen molar-refractivity contribution in [3.8, 4) is 0 Å². The van der Waals surface area contributed by atoms with E-state index >= 15 is 0 Å². The minimum absolute atomic E-state index is 0. The number of aromatic nitrogens is 1. The van der Waals surface area contributed by atoms with Gasteiger partial charge in [-0.3, -0.25) is 9.98 Å². The number of halogens is 1. The van der Waals surface area contributed by atoms with Crippen LogP contribution in [0, 0.1) is 0 Å². The van der Waals surface area contributed by atoms with Crippen LogP contribution < -0.4 is 10.6 Å². The Hall–Kier alpha value is -0.890. The molecule has 0 bridgehead atoms. The van der Waals surface area contributed by atoms with Crippen LogP contribution in [0.3, 0.4) is 0 Å². The van der Waals surface area contributed by atoms with Gasteiger partial charge in [-0.15, -0.1) is 24.0 Å². The zero-order valence-electron chi connectivity index (χ0n) is 11.9. The van der Waals surface area contributed by atoms with E-state index in [1.54, 1.807) is 13.2 Å². The van der Waals surface area contributed by atoms with Gasteiger partial charge in [-0.25, -0.2) is 0 Å². The van der Waals surface area contributed by atoms with Gasteiger partial charge in [0.2, 0.25) is 0 Å². The lowest BCUT2D eigenvalue weighted by atomic mass is 10.3. The van der Waals surface area contributed by atoms with Crippen LogP contribution in [0.15, 0.2) is 29.4 Å². The van der Waals surface area contributed by atoms with Crippen molar-refractivity contribution in [3.63, 3.8) is 0 Å². The second-order valence-corrected chi connectivity index (χ2v) is 4.33. The first kappa shape index (κ1) is 18.1. The van der Waals surface area contributed by atoms with Crippen molar-refractivity contribution in [2.24, 2.45) is 4.99 Å². The summed E-state index contributed by atoms with van der Waals surface area (Å²) in [5.74, 6) is 0.819. The van der Waals surface area contributed by atoms with Crippen molar-refractivity contribution < 1.29 is 0 Å². The van der Waals surface area contributed by atoms with Crippen LogP contribution in [0.2, 0.25) is 0 Å². The Kier molecular flexibility index (Phi) is 10.5. The zero-order chi connectivity index (χ0) is 13.2. The lowest BCUT2D eigenvalue weighted by Gasteiger charge is -2.13. The molecule has 0 fully saturated rings. The van der Waals surface area contributed by atoms with Crippen LogP contribution in [-0.2, 0) is 6.54 Å². The molecule has 0 aliphatic carbocycles. The minimum Gasteiger partial charge on any atom is -0.356 e. The van der Waals surface area contributed by atoms with Crippen LogP contribution >= 0.6 is 24.0 Å². The van der Waals surface area contributed by atoms with Gasteiger partial charge in [-0.2, -0.15) is 0 Å². The standard InChI is InChI=1S/C13H23N5.HI/c1-14-13(16-9-6-10-18(2)3)17-11-12-7-4-5-8-15-12;/h4-5,7-8H,6,9-11H2,1-3H3,(H2,14,16,17);1H. The number of guanidine groups is 1. The molecule has 0 atom stereocenters. The monoisotopic (exact) mass is 377 g/mol. The molecule has 0 amide bonds. The zero-order valence-corrected chi connectivity index (χ0v) is 14.2. The average molecular weight is 377 g/mol. The molecule has 1 heterocycles. The number of pyridine rings is 1. The smallest absolute Gasteiger partial charge is 0.191 e. The van der Waals surface area contributed by atoms with E-state index in [2.05, 4.69) is 39.6 Å². The molecule has 0 aliphatic heterocycles. The van der Waals surface area contributed by atoms with E-state index in [0.717, 1.165) is 31.2 Å². The summed E-state index contributed by atoms with van der Waals surface area (Å²) in [5.41, 5.74) is 1.01. The molecule has 0 aliphatic rings. The SMILES string of the molecule is CN=C(NCCCN(C)C)NCc1ccccn1.I. The van der Waals surface area contributed by atoms with Crippen LogP contribution in [0.1, 0.15) is 12.1 Å². The lowest BCUT2D eigenvalue weighted by molar-refractivity contribution is 0.399. The molecule has 2 N–H and O–H groups in total. The highest BCUT2D eigenvalue weighted by Crippen LogP contribution is 1.91. The first-order valence-electron chi connectivity index (χ1n) is 6.21. The highest BCUT2D eigenvalue weighted by Gasteiger charge is 1.98. The second kappa shape index (κ2) is 11.0. The molecule has 0 spiro atoms. The lowest BCUT2D eigenvalue weighted by Crippen LogP contribution is -2.38. The third-order valence-electron chi connectivity index (χ3n) is 2.46. The number of nitrogens with one attached hydrogen (secondary N) is 2. The van der Waals surface area contributed by atoms with Crippen LogP contribution in [0.25, 0.3) is 0 Å². The van der Waals surface area contributed by atoms with Crippen LogP contribution in [-0.4, -0.2) is 50.1 Å². The molecule has 5 nitrogen and oxygen atoms in total. The Labute approximate surface area is 132 Å². The molecule has 0 saturated carbocycles. The highest BCUT2D eigenvalue weighted by molar-refractivity contribution is 14.0. The van der Waals surface area contributed by atoms with Gasteiger partial charge in [0.1, 0.15) is 0 Å². The summed E-state index contributed by atoms with van der Waals surface area (Å²) in [6.07, 6.45) is 2.89. The Morgan fingerprint density at radius 2 is 2.11 bits per heavy atom. The molecule has 19 heavy (non-hydrogen) atoms. The van der Waals surface area contributed by atoms with E-state index < -0.39 is 0 Å². The van der Waals surface area contributed by atoms with Gasteiger partial charge in [0.05, 0.1) is 12.2 Å². The summed E-state index contributed by atoms with van der Waals surface area (Å²) in [5, 5.41) is 6.52. The van der Waals surface area contributed by atoms with E-state index in [1.165, 1.54) is 0 Å². The molecule has 0 saturated heterocycles. The predicted molar refractivity (Wildman–Crippen MR) is 91.0 cm³/mol. The van der Waals surface area contributed by atoms with Crippen molar-refractivity contribution in [3.05, 3.63) is 30.1 Å². The molecular weight excluding hydrogens is 353 g/mol. The summed E-state index contributed by atoms with van der Waals surface area (Å²) >= 11 is 0. The Morgan fingerprint density at radius 3 is 2.68 bits per heavy atom. The third-order valence-corrected chi connectivity index (χ3v) is 2.46. The second-order valence-electron chi connectivity index (χ2n) is 4.33. The van der Waals surface area contributed by atoms with E-state index in [0.29, 0.717) is 6.54 Å². The normalized spacial score (nSPS) is 11.1. The van der Waals surface area contributed by atoms with Gasteiger partial charge in [0.25, 0.3) is 0 Å². The Bertz CT molecular complexity index is 353. The fourth-order valence-electron chi connectivity index (χ4n) is 1.50. The maximum absolute atomic E-state index is 4.25. The van der Waals surface area contributed by atoms with Crippen molar-refractivity contribution in [1.29, 1.82) is 0 Å². The Morgan fingerprint density at radius 1 is 1.32 bits per heavy atom. The average Bonchev–Trinajstić information content (AvgIpc) is 2.39. The van der Waals surface area contributed by atoms with Crippen molar-refractivity contribution >= 4 is 29.9 Å². The number of aliphatic imine (C=N–C) groups is 1. The first-order chi connectivity index (χ1) is 8.72. The van der Waals surface area contributed by atoms with E-state index in [1.807, 2.05) is 18.2 Å². The van der Waals surface area contributed by atoms with Gasteiger partial charge < -0.3 is 15.5 Å². The van der Waals surface area contributed by atoms with Crippen LogP contribution in [0.5, 0.6) is 0 Å². The molecule has 0 radical (unpaired) electrons. The first-order valence-corrected chi connectivity index (χ1v) is 6.21. The fraction of sp³-hybridized carbons (Fsp3) is 0.538. The van der Waals surface area contributed by atoms with Gasteiger partial charge >= 0.3 is 0 Å². The number of nitrogens with zero attached hydrogens (tertiary/aromatic N) is 3. The highest BCUT2D eigenvalue weighted by atomic mass is 127. The maximum atomic E-state index is 4.25. The molecule has 1 aromatic heterocycles. The summed E-state index contributed by atoms with van der Waals surface area (Å²) < 4.78 is 0. The third kappa shape index (κ3) is 8.77. The van der Waals surface area contributed by atoms with Crippen molar-refractivity contribution in [2.45, 2.75) is 13.0 Å². The summed E-state index contributed by atoms with van der Waals surface area (Å²) in [6.45, 7) is 2.68. The maximum Gasteiger partial charge on any atom is 0.191 e. The number of hydrogen-bond donors (Lipinski definition) is 2. The molecule has 0 aromatic carbocycles. The van der Waals surface area contributed by atoms with Gasteiger partial charge in [0, 0.05) is 19.8 Å². The quantitative estimate of drug-likeness (QED) is 0.340. The molecule has 1 aromatic rings. The predicted octanol–water partition coefficient (Wildman–Crippen LogP) is 1.32. The van der Waals surface area contributed by atoms with E-state index in [9.17, 15) is 0 Å². The summed E-state index contributed by atoms with van der Waals surface area (Å²) in [4.78, 5) is 10.6. The van der Waals surface area contributed by atoms with Gasteiger partial charge in [0.15, 0.2) is 5.96 Å². The number of rotatable bonds is 6. The van der Waals surface area contributed by atoms with Crippen molar-refractivity contribution in [2.75, 3.05) is 34.2 Å². The molecule has 6 heteroatoms. The topological polar surface area (TPSA) is 52.6 Å². The fourth-order valence-corrected chi connectivity index (χ4v) is 1.50. The molecule has 108 valence electrons. The number of hydrogen-bond acceptors (Lipinski definition) is 3. The largest absolute Gasteiger partial charge is 0.356 e. The van der Waals surface area contributed by atoms with E-state index in [-0.39, 0.29) is 24.0 Å². The van der Waals surface area contributed by atoms with Gasteiger partial charge in [-0.05, 0) is 39.2 Å². The summed E-state index contributed by atoms with van der Waals surface area (Å²) in [7, 11) is 5.93. The molecule has 1 rings (SSSR count). The Balaban J connectivity index is 0.00000324. The molecular formula is C13H24IN5. The minimum atomic E-state index is 0. The van der Waals surface area contributed by atoms with Crippen molar-refractivity contribution in [1.82, 2.24) is 20.5 Å². The van der Waals surface area contributed by atoms with E-state index in [4.69, 9.17) is 0 Å².